The molecule has 5 aliphatic rings. The van der Waals surface area contributed by atoms with Crippen LogP contribution < -0.4 is 16.0 Å². The zero-order valence-electron chi connectivity index (χ0n) is 48.8. The van der Waals surface area contributed by atoms with E-state index in [1.807, 2.05) is 41.5 Å². The first-order valence-electron chi connectivity index (χ1n) is 29.5. The monoisotopic (exact) mass is 1090 g/mol. The molecule has 2 amide bonds. The van der Waals surface area contributed by atoms with E-state index in [0.29, 0.717) is 94.7 Å². The maximum Gasteiger partial charge on any atom is 0.373 e. The minimum Gasteiger partial charge on any atom is -0.466 e. The second kappa shape index (κ2) is 50.7. The zero-order chi connectivity index (χ0) is 58.1. The van der Waals surface area contributed by atoms with Crippen molar-refractivity contribution in [2.45, 2.75) is 222 Å². The van der Waals surface area contributed by atoms with Gasteiger partial charge in [-0.05, 0) is 193 Å². The number of ketones is 1. The Kier molecular flexibility index (Phi) is 48.9. The SMILES string of the molecule is CCC1CCC(=O)CC1.CCNC(=O)C1CCC(CC(=O)OCC)CC1.CCNC(=O)C1CCC(CC(=O)OCC)CC1.CCNCC1CCC(CC(=O)OCC)CC1.CCOC(=O)CC1CCCCC1.O=C=O.O=C=O. The molecule has 0 aliphatic heterocycles. The summed E-state index contributed by atoms with van der Waals surface area (Å²) >= 11 is 0. The molecular weight excluding hydrogens is 991 g/mol. The summed E-state index contributed by atoms with van der Waals surface area (Å²) < 4.78 is 19.8. The van der Waals surface area contributed by atoms with Crippen molar-refractivity contribution in [2.75, 3.05) is 52.6 Å². The van der Waals surface area contributed by atoms with E-state index in [1.165, 1.54) is 64.2 Å². The fourth-order valence-corrected chi connectivity index (χ4v) is 10.5. The number of esters is 4. The molecule has 0 aromatic carbocycles. The van der Waals surface area contributed by atoms with Crippen molar-refractivity contribution in [3.63, 3.8) is 0 Å². The molecular formula is C59H103N3O15. The fraction of sp³-hybridized carbons (Fsp3) is 0.847. The van der Waals surface area contributed by atoms with Gasteiger partial charge in [-0.2, -0.15) is 19.2 Å². The summed E-state index contributed by atoms with van der Waals surface area (Å²) in [6.45, 7) is 21.1. The Bertz CT molecular complexity index is 1560. The lowest BCUT2D eigenvalue weighted by atomic mass is 9.80. The Morgan fingerprint density at radius 1 is 0.403 bits per heavy atom. The van der Waals surface area contributed by atoms with Gasteiger partial charge in [-0.3, -0.25) is 33.6 Å². The Labute approximate surface area is 462 Å². The van der Waals surface area contributed by atoms with Crippen LogP contribution in [-0.4, -0.2) is 106 Å². The molecule has 0 bridgehead atoms. The molecule has 3 N–H and O–H groups in total. The summed E-state index contributed by atoms with van der Waals surface area (Å²) in [5, 5.41) is 9.12. The fourth-order valence-electron chi connectivity index (χ4n) is 10.5. The van der Waals surface area contributed by atoms with Crippen LogP contribution in [0.25, 0.3) is 0 Å². The van der Waals surface area contributed by atoms with E-state index in [-0.39, 0.29) is 59.8 Å². The summed E-state index contributed by atoms with van der Waals surface area (Å²) in [4.78, 5) is 112. The number of hydrogen-bond donors (Lipinski definition) is 3. The number of amides is 2. The van der Waals surface area contributed by atoms with Crippen LogP contribution in [0.3, 0.4) is 0 Å². The smallest absolute Gasteiger partial charge is 0.373 e. The van der Waals surface area contributed by atoms with Crippen LogP contribution in [0.4, 0.5) is 0 Å². The minimum atomic E-state index is -0.103. The van der Waals surface area contributed by atoms with Gasteiger partial charge in [0.25, 0.3) is 0 Å². The minimum absolute atomic E-state index is 0.00981. The highest BCUT2D eigenvalue weighted by molar-refractivity contribution is 5.79. The average Bonchev–Trinajstić information content (AvgIpc) is 3.41. The molecule has 5 fully saturated rings. The maximum atomic E-state index is 11.6. The first kappa shape index (κ1) is 74.3. The standard InChI is InChI=1S/2C13H23NO3.C13H25NO2.C10H18O2.C8H14O.2CO2/c2*1-3-14-13(16)11-7-5-10(6-8-11)9-12(15)17-4-2;1-3-14-10-12-7-5-11(6-8-12)9-13(15)16-4-2;1-2-12-10(11)8-9-6-4-3-5-7-9;1-2-7-3-5-8(9)6-4-7;2*2-1-3/h2*10-11H,3-9H2,1-2H3,(H,14,16);11-12,14H,3-10H2,1-2H3;9H,2-8H2,1H3;7H,2-6H2,1H3;;. The van der Waals surface area contributed by atoms with Crippen molar-refractivity contribution in [3.05, 3.63) is 0 Å². The predicted molar refractivity (Wildman–Crippen MR) is 291 cm³/mol. The molecule has 0 unspecified atom stereocenters. The first-order valence-corrected chi connectivity index (χ1v) is 29.5. The molecule has 5 rings (SSSR count). The lowest BCUT2D eigenvalue weighted by Crippen LogP contribution is -2.33. The second-order valence-electron chi connectivity index (χ2n) is 20.5. The Balaban J connectivity index is 0. The zero-order valence-corrected chi connectivity index (χ0v) is 48.8. The van der Waals surface area contributed by atoms with Gasteiger partial charge in [-0.1, -0.05) is 39.5 Å². The van der Waals surface area contributed by atoms with Crippen molar-refractivity contribution in [2.24, 2.45) is 47.3 Å². The maximum absolute atomic E-state index is 11.6. The average molecular weight is 1090 g/mol. The Morgan fingerprint density at radius 2 is 0.701 bits per heavy atom. The van der Waals surface area contributed by atoms with Crippen LogP contribution >= 0.6 is 0 Å². The molecule has 0 spiro atoms. The molecule has 18 heteroatoms. The largest absolute Gasteiger partial charge is 0.466 e. The summed E-state index contributed by atoms with van der Waals surface area (Å²) in [5.41, 5.74) is 0. The third kappa shape index (κ3) is 41.0. The van der Waals surface area contributed by atoms with E-state index in [2.05, 4.69) is 29.8 Å². The lowest BCUT2D eigenvalue weighted by Gasteiger charge is -2.28. The summed E-state index contributed by atoms with van der Waals surface area (Å²) in [7, 11) is 0. The molecule has 0 aromatic heterocycles. The highest BCUT2D eigenvalue weighted by atomic mass is 16.5. The number of carbonyl (C=O) groups excluding carboxylic acids is 11. The molecule has 444 valence electrons. The van der Waals surface area contributed by atoms with Gasteiger partial charge in [-0.15, -0.1) is 0 Å². The number of ether oxygens (including phenoxy) is 4. The number of rotatable bonds is 20. The van der Waals surface area contributed by atoms with E-state index >= 15 is 0 Å². The summed E-state index contributed by atoms with van der Waals surface area (Å²) in [6, 6.07) is 0. The predicted octanol–water partition coefficient (Wildman–Crippen LogP) is 9.63. The van der Waals surface area contributed by atoms with Crippen LogP contribution in [0.1, 0.15) is 222 Å². The third-order valence-corrected chi connectivity index (χ3v) is 14.8. The van der Waals surface area contributed by atoms with Crippen molar-refractivity contribution < 1.29 is 71.7 Å². The van der Waals surface area contributed by atoms with Crippen LogP contribution in [-0.2, 0) is 71.7 Å². The normalized spacial score (nSPS) is 21.7. The van der Waals surface area contributed by atoms with Crippen molar-refractivity contribution in [1.29, 1.82) is 0 Å². The number of carbonyl (C=O) groups is 7. The number of nitrogens with one attached hydrogen (secondary N) is 3. The highest BCUT2D eigenvalue weighted by Gasteiger charge is 2.29. The quantitative estimate of drug-likeness (QED) is 0.0757. The highest BCUT2D eigenvalue weighted by Crippen LogP contribution is 2.33. The van der Waals surface area contributed by atoms with Crippen molar-refractivity contribution in [3.8, 4) is 0 Å². The van der Waals surface area contributed by atoms with Gasteiger partial charge in [0, 0.05) is 63.5 Å². The lowest BCUT2D eigenvalue weighted by molar-refractivity contribution is -0.193. The van der Waals surface area contributed by atoms with Crippen LogP contribution in [0.15, 0.2) is 0 Å². The van der Waals surface area contributed by atoms with Crippen LogP contribution in [0.2, 0.25) is 0 Å². The molecule has 77 heavy (non-hydrogen) atoms. The molecule has 0 radical (unpaired) electrons. The molecule has 18 nitrogen and oxygen atoms in total. The molecule has 5 saturated carbocycles. The van der Waals surface area contributed by atoms with Gasteiger partial charge in [0.05, 0.1) is 26.4 Å². The topological polar surface area (TPSA) is 261 Å². The van der Waals surface area contributed by atoms with Gasteiger partial charge in [0.2, 0.25) is 11.8 Å². The van der Waals surface area contributed by atoms with Gasteiger partial charge >= 0.3 is 36.2 Å². The number of Topliss-reactive ketones (excluding diaryl/α,β-unsaturated/α-hetero) is 1. The van der Waals surface area contributed by atoms with Crippen molar-refractivity contribution >= 4 is 53.8 Å². The van der Waals surface area contributed by atoms with E-state index in [9.17, 15) is 33.6 Å². The third-order valence-electron chi connectivity index (χ3n) is 14.8. The molecule has 0 aromatic rings. The van der Waals surface area contributed by atoms with Gasteiger partial charge < -0.3 is 34.9 Å². The summed E-state index contributed by atoms with van der Waals surface area (Å²) in [5.74, 6) is 4.52. The second-order valence-corrected chi connectivity index (χ2v) is 20.5. The Hall–Kier alpha value is -4.79. The van der Waals surface area contributed by atoms with Gasteiger partial charge in [-0.25, -0.2) is 0 Å². The molecule has 0 atom stereocenters. The Morgan fingerprint density at radius 3 is 0.987 bits per heavy atom. The van der Waals surface area contributed by atoms with E-state index in [0.717, 1.165) is 102 Å². The van der Waals surface area contributed by atoms with Crippen LogP contribution in [0.5, 0.6) is 0 Å². The first-order chi connectivity index (χ1) is 37.1. The summed E-state index contributed by atoms with van der Waals surface area (Å²) in [6.07, 6.45) is 26.7. The van der Waals surface area contributed by atoms with Crippen LogP contribution in [0, 0.1) is 47.3 Å². The molecule has 0 saturated heterocycles. The van der Waals surface area contributed by atoms with E-state index < -0.39 is 0 Å². The molecule has 0 heterocycles. The van der Waals surface area contributed by atoms with E-state index in [1.54, 1.807) is 0 Å². The van der Waals surface area contributed by atoms with Gasteiger partial charge in [0.1, 0.15) is 5.78 Å². The van der Waals surface area contributed by atoms with Crippen molar-refractivity contribution in [1.82, 2.24) is 16.0 Å². The van der Waals surface area contributed by atoms with E-state index in [4.69, 9.17) is 38.1 Å². The van der Waals surface area contributed by atoms with Gasteiger partial charge in [0.15, 0.2) is 0 Å². The molecule has 5 aliphatic carbocycles. The number of hydrogen-bond acceptors (Lipinski definition) is 16.